The van der Waals surface area contributed by atoms with E-state index in [0.717, 1.165) is 0 Å². The van der Waals surface area contributed by atoms with Crippen LogP contribution < -0.4 is 14.8 Å². The molecule has 0 unspecified atom stereocenters. The van der Waals surface area contributed by atoms with Crippen LogP contribution in [0.1, 0.15) is 10.4 Å². The van der Waals surface area contributed by atoms with E-state index in [0.29, 0.717) is 40.0 Å². The van der Waals surface area contributed by atoms with Crippen molar-refractivity contribution in [3.8, 4) is 34.6 Å². The molecule has 2 aromatic carbocycles. The summed E-state index contributed by atoms with van der Waals surface area (Å²) >= 11 is 0. The molecule has 4 rings (SSSR count). The number of hydrogen-bond donors (Lipinski definition) is 1. The summed E-state index contributed by atoms with van der Waals surface area (Å²) in [5, 5.41) is 10.9. The number of anilines is 1. The van der Waals surface area contributed by atoms with Gasteiger partial charge in [-0.2, -0.15) is 0 Å². The molecule has 2 heterocycles. The number of nitrogens with zero attached hydrogens (tertiary/aromatic N) is 2. The van der Waals surface area contributed by atoms with E-state index in [1.807, 2.05) is 6.07 Å². The van der Waals surface area contributed by atoms with Crippen molar-refractivity contribution in [2.24, 2.45) is 0 Å². The first kappa shape index (κ1) is 18.3. The van der Waals surface area contributed by atoms with E-state index >= 15 is 0 Å². The van der Waals surface area contributed by atoms with E-state index < -0.39 is 0 Å². The van der Waals surface area contributed by atoms with Crippen LogP contribution in [-0.4, -0.2) is 30.3 Å². The largest absolute Gasteiger partial charge is 0.497 e. The summed E-state index contributed by atoms with van der Waals surface area (Å²) in [7, 11) is 3.06. The smallest absolute Gasteiger partial charge is 0.283 e. The van der Waals surface area contributed by atoms with Gasteiger partial charge in [0, 0.05) is 22.9 Å². The molecule has 0 spiro atoms. The second-order valence-electron chi connectivity index (χ2n) is 6.03. The normalized spacial score (nSPS) is 10.6. The number of carbonyl (C=O) groups excluding carboxylic acids is 1. The Morgan fingerprint density at radius 3 is 2.38 bits per heavy atom. The van der Waals surface area contributed by atoms with Gasteiger partial charge in [0.1, 0.15) is 11.5 Å². The maximum Gasteiger partial charge on any atom is 0.283 e. The molecular formula is C21H17N3O5. The first-order chi connectivity index (χ1) is 14.2. The summed E-state index contributed by atoms with van der Waals surface area (Å²) in [6.45, 7) is 0. The predicted molar refractivity (Wildman–Crippen MR) is 105 cm³/mol. The molecule has 1 amide bonds. The van der Waals surface area contributed by atoms with Gasteiger partial charge in [-0.1, -0.05) is 6.07 Å². The van der Waals surface area contributed by atoms with E-state index in [1.165, 1.54) is 20.5 Å². The fraction of sp³-hybridized carbons (Fsp3) is 0.0952. The Hall–Kier alpha value is -4.07. The molecule has 146 valence electrons. The minimum absolute atomic E-state index is 0.280. The number of hydrogen-bond acceptors (Lipinski definition) is 7. The molecule has 1 N–H and O–H groups in total. The van der Waals surface area contributed by atoms with E-state index in [4.69, 9.17) is 18.3 Å². The van der Waals surface area contributed by atoms with Crippen molar-refractivity contribution in [2.75, 3.05) is 19.5 Å². The summed E-state index contributed by atoms with van der Waals surface area (Å²) in [5.74, 6) is 1.83. The average molecular weight is 391 g/mol. The number of aromatic nitrogens is 2. The third-order valence-corrected chi connectivity index (χ3v) is 4.14. The number of benzene rings is 2. The fourth-order valence-electron chi connectivity index (χ4n) is 2.71. The van der Waals surface area contributed by atoms with Crippen LogP contribution in [0.3, 0.4) is 0 Å². The van der Waals surface area contributed by atoms with Gasteiger partial charge < -0.3 is 23.6 Å². The Bertz CT molecular complexity index is 1110. The van der Waals surface area contributed by atoms with Crippen molar-refractivity contribution >= 4 is 11.6 Å². The highest BCUT2D eigenvalue weighted by atomic mass is 16.5. The van der Waals surface area contributed by atoms with Crippen LogP contribution in [0.5, 0.6) is 11.5 Å². The van der Waals surface area contributed by atoms with Crippen LogP contribution in [0.4, 0.5) is 5.69 Å². The van der Waals surface area contributed by atoms with Crippen molar-refractivity contribution in [1.29, 1.82) is 0 Å². The van der Waals surface area contributed by atoms with Crippen LogP contribution in [0, 0.1) is 0 Å². The van der Waals surface area contributed by atoms with Crippen LogP contribution in [-0.2, 0) is 0 Å². The molecule has 0 saturated carbocycles. The van der Waals surface area contributed by atoms with Gasteiger partial charge in [0.05, 0.1) is 20.5 Å². The second-order valence-corrected chi connectivity index (χ2v) is 6.03. The van der Waals surface area contributed by atoms with Crippen LogP contribution >= 0.6 is 0 Å². The van der Waals surface area contributed by atoms with Gasteiger partial charge >= 0.3 is 0 Å². The number of ether oxygens (including phenoxy) is 2. The quantitative estimate of drug-likeness (QED) is 0.524. The minimum Gasteiger partial charge on any atom is -0.497 e. The van der Waals surface area contributed by atoms with Gasteiger partial charge in [-0.3, -0.25) is 4.79 Å². The molecule has 0 aliphatic carbocycles. The molecule has 0 atom stereocenters. The molecule has 0 bridgehead atoms. The molecule has 8 nitrogen and oxygen atoms in total. The maximum atomic E-state index is 12.7. The van der Waals surface area contributed by atoms with Crippen molar-refractivity contribution in [2.45, 2.75) is 0 Å². The third-order valence-electron chi connectivity index (χ3n) is 4.14. The van der Waals surface area contributed by atoms with E-state index in [1.54, 1.807) is 48.5 Å². The van der Waals surface area contributed by atoms with E-state index in [2.05, 4.69) is 15.5 Å². The Balaban J connectivity index is 1.56. The lowest BCUT2D eigenvalue weighted by Crippen LogP contribution is -2.12. The summed E-state index contributed by atoms with van der Waals surface area (Å²) in [6.07, 6.45) is 1.53. The lowest BCUT2D eigenvalue weighted by Gasteiger charge is -2.09. The SMILES string of the molecule is COc1cc(OC)cc(C(=O)Nc2cccc(-c3nnc(-c4ccco4)o3)c2)c1. The highest BCUT2D eigenvalue weighted by Crippen LogP contribution is 2.27. The van der Waals surface area contributed by atoms with Gasteiger partial charge in [0.15, 0.2) is 5.76 Å². The zero-order valence-electron chi connectivity index (χ0n) is 15.7. The van der Waals surface area contributed by atoms with Crippen LogP contribution in [0.15, 0.2) is 69.7 Å². The molecule has 4 aromatic rings. The topological polar surface area (TPSA) is 99.6 Å². The lowest BCUT2D eigenvalue weighted by atomic mass is 10.1. The van der Waals surface area contributed by atoms with Crippen LogP contribution in [0.2, 0.25) is 0 Å². The number of furan rings is 1. The molecule has 8 heteroatoms. The lowest BCUT2D eigenvalue weighted by molar-refractivity contribution is 0.102. The minimum atomic E-state index is -0.304. The van der Waals surface area contributed by atoms with Crippen molar-refractivity contribution in [1.82, 2.24) is 10.2 Å². The summed E-state index contributed by atoms with van der Waals surface area (Å²) in [6, 6.07) is 15.5. The first-order valence-electron chi connectivity index (χ1n) is 8.68. The number of rotatable bonds is 6. The van der Waals surface area contributed by atoms with Gasteiger partial charge in [0.2, 0.25) is 5.89 Å². The molecule has 0 aliphatic rings. The van der Waals surface area contributed by atoms with Crippen molar-refractivity contribution in [3.63, 3.8) is 0 Å². The summed E-state index contributed by atoms with van der Waals surface area (Å²) in [4.78, 5) is 12.7. The molecule has 0 aliphatic heterocycles. The summed E-state index contributed by atoms with van der Waals surface area (Å²) in [5.41, 5.74) is 1.65. The Labute approximate surface area is 166 Å². The predicted octanol–water partition coefficient (Wildman–Crippen LogP) is 4.27. The van der Waals surface area contributed by atoms with E-state index in [-0.39, 0.29) is 11.8 Å². The van der Waals surface area contributed by atoms with Gasteiger partial charge in [-0.15, -0.1) is 10.2 Å². The van der Waals surface area contributed by atoms with E-state index in [9.17, 15) is 4.79 Å². The Morgan fingerprint density at radius 2 is 1.69 bits per heavy atom. The highest BCUT2D eigenvalue weighted by molar-refractivity contribution is 6.05. The number of methoxy groups -OCH3 is 2. The fourth-order valence-corrected chi connectivity index (χ4v) is 2.71. The zero-order chi connectivity index (χ0) is 20.2. The highest BCUT2D eigenvalue weighted by Gasteiger charge is 2.14. The van der Waals surface area contributed by atoms with Crippen LogP contribution in [0.25, 0.3) is 23.1 Å². The molecule has 0 radical (unpaired) electrons. The zero-order valence-corrected chi connectivity index (χ0v) is 15.7. The molecule has 29 heavy (non-hydrogen) atoms. The second kappa shape index (κ2) is 7.89. The average Bonchev–Trinajstić information content (AvgIpc) is 3.45. The van der Waals surface area contributed by atoms with Crippen molar-refractivity contribution < 1.29 is 23.1 Å². The molecule has 0 fully saturated rings. The molecule has 0 saturated heterocycles. The first-order valence-corrected chi connectivity index (χ1v) is 8.68. The molecule has 2 aromatic heterocycles. The Kier molecular flexibility index (Phi) is 4.98. The van der Waals surface area contributed by atoms with Gasteiger partial charge in [0.25, 0.3) is 11.8 Å². The maximum absolute atomic E-state index is 12.7. The van der Waals surface area contributed by atoms with Crippen molar-refractivity contribution in [3.05, 3.63) is 66.4 Å². The monoisotopic (exact) mass is 391 g/mol. The summed E-state index contributed by atoms with van der Waals surface area (Å²) < 4.78 is 21.3. The third kappa shape index (κ3) is 3.96. The number of carbonyl (C=O) groups is 1. The number of nitrogens with one attached hydrogen (secondary N) is 1. The number of amides is 1. The van der Waals surface area contributed by atoms with Gasteiger partial charge in [-0.05, 0) is 42.5 Å². The molecular weight excluding hydrogens is 374 g/mol. The Morgan fingerprint density at radius 1 is 0.931 bits per heavy atom. The van der Waals surface area contributed by atoms with Gasteiger partial charge in [-0.25, -0.2) is 0 Å². The standard InChI is InChI=1S/C21H17N3O5/c1-26-16-10-14(11-17(12-16)27-2)19(25)22-15-6-3-5-13(9-15)20-23-24-21(29-20)18-7-4-8-28-18/h3-12H,1-2H3,(H,22,25).